The fourth-order valence-electron chi connectivity index (χ4n) is 3.07. The van der Waals surface area contributed by atoms with Crippen molar-refractivity contribution < 1.29 is 13.2 Å². The smallest absolute Gasteiger partial charge is 0.216 e. The molecule has 0 saturated carbocycles. The second kappa shape index (κ2) is 12.7. The first-order chi connectivity index (χ1) is 13.3. The van der Waals surface area contributed by atoms with Gasteiger partial charge in [-0.05, 0) is 38.8 Å². The van der Waals surface area contributed by atoms with Gasteiger partial charge in [0.1, 0.15) is 0 Å². The second-order valence-corrected chi connectivity index (χ2v) is 9.31. The van der Waals surface area contributed by atoms with Crippen molar-refractivity contribution in [3.8, 4) is 0 Å². The Labute approximate surface area is 193 Å². The number of nitrogens with one attached hydrogen (secondary N) is 1. The minimum absolute atomic E-state index is 0. The topological polar surface area (TPSA) is 74.2 Å². The number of guanidine groups is 1. The van der Waals surface area contributed by atoms with Gasteiger partial charge in [-0.2, -0.15) is 4.31 Å². The Morgan fingerprint density at radius 2 is 1.86 bits per heavy atom. The Hall–Kier alpha value is -0.910. The van der Waals surface area contributed by atoms with Crippen LogP contribution in [0.25, 0.3) is 0 Å². The maximum Gasteiger partial charge on any atom is 0.216 e. The van der Waals surface area contributed by atoms with E-state index in [9.17, 15) is 8.42 Å². The molecule has 0 atom stereocenters. The quantitative estimate of drug-likeness (QED) is 0.313. The molecule has 7 nitrogen and oxygen atoms in total. The van der Waals surface area contributed by atoms with E-state index in [-0.39, 0.29) is 42.4 Å². The summed E-state index contributed by atoms with van der Waals surface area (Å²) in [5.41, 5.74) is 2.42. The number of halogens is 1. The summed E-state index contributed by atoms with van der Waals surface area (Å²) >= 11 is 0. The normalized spacial score (nSPS) is 16.0. The van der Waals surface area contributed by atoms with Crippen molar-refractivity contribution >= 4 is 40.0 Å². The van der Waals surface area contributed by atoms with Gasteiger partial charge in [-0.3, -0.25) is 0 Å². The van der Waals surface area contributed by atoms with Gasteiger partial charge in [-0.25, -0.2) is 13.4 Å². The second-order valence-electron chi connectivity index (χ2n) is 7.22. The zero-order valence-electron chi connectivity index (χ0n) is 17.9. The summed E-state index contributed by atoms with van der Waals surface area (Å²) in [6.45, 7) is 11.8. The first-order valence-electron chi connectivity index (χ1n) is 10.0. The van der Waals surface area contributed by atoms with E-state index in [1.165, 1.54) is 11.1 Å². The van der Waals surface area contributed by atoms with Gasteiger partial charge in [0.05, 0.1) is 25.0 Å². The van der Waals surface area contributed by atoms with Crippen LogP contribution in [0.3, 0.4) is 0 Å². The molecule has 0 aliphatic carbocycles. The summed E-state index contributed by atoms with van der Waals surface area (Å²) in [6, 6.07) is 8.23. The lowest BCUT2D eigenvalue weighted by atomic mass is 10.1. The summed E-state index contributed by atoms with van der Waals surface area (Å²) in [5, 5.41) is 3.33. The summed E-state index contributed by atoms with van der Waals surface area (Å²) in [6.07, 6.45) is 0.0409. The van der Waals surface area contributed by atoms with Crippen molar-refractivity contribution in [2.75, 3.05) is 45.1 Å². The zero-order chi connectivity index (χ0) is 20.6. The molecule has 1 aromatic rings. The lowest BCUT2D eigenvalue weighted by molar-refractivity contribution is 0.0904. The molecule has 0 unspecified atom stereocenters. The van der Waals surface area contributed by atoms with Gasteiger partial charge in [-0.1, -0.05) is 24.3 Å². The highest BCUT2D eigenvalue weighted by atomic mass is 127. The standard InChI is InChI=1S/C20H34N4O3S.HI/c1-5-21-20(22-16-19-9-7-6-8-18(19)4)23-10-12-24(13-11-23)28(25,26)15-14-27-17(2)3;/h6-9,17H,5,10-16H2,1-4H3,(H,21,22);1H. The fourth-order valence-corrected chi connectivity index (χ4v) is 4.35. The Balaban J connectivity index is 0.00000420. The number of hydrogen-bond donors (Lipinski definition) is 1. The third-order valence-electron chi connectivity index (χ3n) is 4.72. The molecule has 0 bridgehead atoms. The highest BCUT2D eigenvalue weighted by Gasteiger charge is 2.28. The molecule has 9 heteroatoms. The number of hydrogen-bond acceptors (Lipinski definition) is 4. The summed E-state index contributed by atoms with van der Waals surface area (Å²) in [4.78, 5) is 6.91. The van der Waals surface area contributed by atoms with Crippen LogP contribution in [0.2, 0.25) is 0 Å². The molecular weight excluding hydrogens is 503 g/mol. The molecule has 166 valence electrons. The molecular formula is C20H35IN4O3S. The van der Waals surface area contributed by atoms with Gasteiger partial charge in [0, 0.05) is 32.7 Å². The van der Waals surface area contributed by atoms with Gasteiger partial charge in [-0.15, -0.1) is 24.0 Å². The molecule has 0 radical (unpaired) electrons. The van der Waals surface area contributed by atoms with Crippen molar-refractivity contribution in [1.82, 2.24) is 14.5 Å². The Kier molecular flexibility index (Phi) is 11.4. The Morgan fingerprint density at radius 1 is 1.21 bits per heavy atom. The number of aliphatic imine (C=N–C) groups is 1. The number of rotatable bonds is 8. The van der Waals surface area contributed by atoms with E-state index in [4.69, 9.17) is 9.73 Å². The van der Waals surface area contributed by atoms with E-state index in [0.29, 0.717) is 32.7 Å². The molecule has 1 aliphatic heterocycles. The number of piperazine rings is 1. The molecule has 1 N–H and O–H groups in total. The van der Waals surface area contributed by atoms with Crippen LogP contribution in [0.15, 0.2) is 29.3 Å². The van der Waals surface area contributed by atoms with Crippen LogP contribution in [0.5, 0.6) is 0 Å². The van der Waals surface area contributed by atoms with Gasteiger partial charge in [0.25, 0.3) is 0 Å². The van der Waals surface area contributed by atoms with Crippen LogP contribution in [-0.2, 0) is 21.3 Å². The zero-order valence-corrected chi connectivity index (χ0v) is 21.1. The molecule has 0 spiro atoms. The fraction of sp³-hybridized carbons (Fsp3) is 0.650. The Bertz CT molecular complexity index is 748. The highest BCUT2D eigenvalue weighted by Crippen LogP contribution is 2.11. The molecule has 1 saturated heterocycles. The predicted molar refractivity (Wildman–Crippen MR) is 129 cm³/mol. The number of aryl methyl sites for hydroxylation is 1. The number of ether oxygens (including phenoxy) is 1. The average molecular weight is 538 g/mol. The summed E-state index contributed by atoms with van der Waals surface area (Å²) in [5.74, 6) is 0.873. The van der Waals surface area contributed by atoms with E-state index in [1.807, 2.05) is 32.9 Å². The van der Waals surface area contributed by atoms with E-state index >= 15 is 0 Å². The minimum atomic E-state index is -3.28. The first kappa shape index (κ1) is 26.1. The molecule has 1 aromatic carbocycles. The number of sulfonamides is 1. The van der Waals surface area contributed by atoms with E-state index in [0.717, 1.165) is 12.5 Å². The van der Waals surface area contributed by atoms with E-state index < -0.39 is 10.0 Å². The third kappa shape index (κ3) is 8.39. The van der Waals surface area contributed by atoms with Gasteiger partial charge in [0.15, 0.2) is 5.96 Å². The Morgan fingerprint density at radius 3 is 2.45 bits per heavy atom. The van der Waals surface area contributed by atoms with Crippen LogP contribution in [0, 0.1) is 6.92 Å². The SMILES string of the molecule is CCNC(=NCc1ccccc1C)N1CCN(S(=O)(=O)CCOC(C)C)CC1.I. The van der Waals surface area contributed by atoms with E-state index in [1.54, 1.807) is 4.31 Å². The van der Waals surface area contributed by atoms with Crippen molar-refractivity contribution in [2.24, 2.45) is 4.99 Å². The molecule has 0 amide bonds. The van der Waals surface area contributed by atoms with Crippen LogP contribution < -0.4 is 5.32 Å². The van der Waals surface area contributed by atoms with Crippen LogP contribution in [0.1, 0.15) is 31.9 Å². The molecule has 0 aromatic heterocycles. The lowest BCUT2D eigenvalue weighted by Crippen LogP contribution is -2.54. The molecule has 1 aliphatic rings. The predicted octanol–water partition coefficient (Wildman–Crippen LogP) is 2.45. The number of benzene rings is 1. The van der Waals surface area contributed by atoms with Gasteiger partial charge < -0.3 is 15.0 Å². The lowest BCUT2D eigenvalue weighted by Gasteiger charge is -2.36. The van der Waals surface area contributed by atoms with Crippen LogP contribution >= 0.6 is 24.0 Å². The van der Waals surface area contributed by atoms with Crippen molar-refractivity contribution in [1.29, 1.82) is 0 Å². The summed E-state index contributed by atoms with van der Waals surface area (Å²) in [7, 11) is -3.28. The minimum Gasteiger partial charge on any atom is -0.378 e. The first-order valence-corrected chi connectivity index (χ1v) is 11.6. The number of nitrogens with zero attached hydrogens (tertiary/aromatic N) is 3. The average Bonchev–Trinajstić information content (AvgIpc) is 2.66. The third-order valence-corrected chi connectivity index (χ3v) is 6.55. The van der Waals surface area contributed by atoms with Gasteiger partial charge >= 0.3 is 0 Å². The van der Waals surface area contributed by atoms with Crippen molar-refractivity contribution in [3.63, 3.8) is 0 Å². The molecule has 2 rings (SSSR count). The molecule has 1 fully saturated rings. The van der Waals surface area contributed by atoms with Gasteiger partial charge in [0.2, 0.25) is 10.0 Å². The van der Waals surface area contributed by atoms with Crippen molar-refractivity contribution in [3.05, 3.63) is 35.4 Å². The highest BCUT2D eigenvalue weighted by molar-refractivity contribution is 14.0. The van der Waals surface area contributed by atoms with Crippen LogP contribution in [0.4, 0.5) is 0 Å². The molecule has 29 heavy (non-hydrogen) atoms. The largest absolute Gasteiger partial charge is 0.378 e. The van der Waals surface area contributed by atoms with E-state index in [2.05, 4.69) is 29.3 Å². The van der Waals surface area contributed by atoms with Crippen LogP contribution in [-0.4, -0.2) is 74.8 Å². The monoisotopic (exact) mass is 538 g/mol. The summed E-state index contributed by atoms with van der Waals surface area (Å²) < 4.78 is 32.0. The maximum atomic E-state index is 12.5. The molecule has 1 heterocycles. The maximum absolute atomic E-state index is 12.5. The van der Waals surface area contributed by atoms with Crippen molar-refractivity contribution in [2.45, 2.75) is 40.3 Å².